The third-order valence-electron chi connectivity index (χ3n) is 2.42. The fraction of sp³-hybridized carbons (Fsp3) is 0.444. The van der Waals surface area contributed by atoms with Gasteiger partial charge in [-0.25, -0.2) is 0 Å². The van der Waals surface area contributed by atoms with E-state index in [9.17, 15) is 4.79 Å². The summed E-state index contributed by atoms with van der Waals surface area (Å²) < 4.78 is 0. The van der Waals surface area contributed by atoms with E-state index in [1.54, 1.807) is 0 Å². The highest BCUT2D eigenvalue weighted by Gasteiger charge is 2.20. The van der Waals surface area contributed by atoms with E-state index in [1.165, 1.54) is 6.07 Å². The lowest BCUT2D eigenvalue weighted by Gasteiger charge is -2.17. The van der Waals surface area contributed by atoms with Crippen molar-refractivity contribution in [3.8, 4) is 0 Å². The summed E-state index contributed by atoms with van der Waals surface area (Å²) in [5, 5.41) is 7.84. The molecule has 5 nitrogen and oxygen atoms in total. The van der Waals surface area contributed by atoms with E-state index in [1.807, 2.05) is 4.90 Å². The lowest BCUT2D eigenvalue weighted by molar-refractivity contribution is 0.100. The molecule has 0 unspecified atom stereocenters. The van der Waals surface area contributed by atoms with Gasteiger partial charge in [0.25, 0.3) is 5.91 Å². The van der Waals surface area contributed by atoms with E-state index in [-0.39, 0.29) is 5.15 Å². The minimum atomic E-state index is -0.520. The minimum Gasteiger partial charge on any atom is -0.365 e. The van der Waals surface area contributed by atoms with Gasteiger partial charge in [-0.3, -0.25) is 4.79 Å². The Balaban J connectivity index is 2.40. The molecular formula is C9H11ClN4O. The van der Waals surface area contributed by atoms with Crippen LogP contribution < -0.4 is 10.6 Å². The average Bonchev–Trinajstić information content (AvgIpc) is 2.70. The monoisotopic (exact) mass is 226 g/mol. The highest BCUT2D eigenvalue weighted by molar-refractivity contribution is 6.29. The highest BCUT2D eigenvalue weighted by Crippen LogP contribution is 2.22. The van der Waals surface area contributed by atoms with Crippen LogP contribution in [0.3, 0.4) is 0 Å². The number of nitrogens with zero attached hydrogens (tertiary/aromatic N) is 3. The molecule has 2 N–H and O–H groups in total. The van der Waals surface area contributed by atoms with Gasteiger partial charge >= 0.3 is 0 Å². The average molecular weight is 227 g/mol. The van der Waals surface area contributed by atoms with Crippen molar-refractivity contribution in [1.29, 1.82) is 0 Å². The van der Waals surface area contributed by atoms with Gasteiger partial charge in [-0.2, -0.15) is 0 Å². The molecule has 6 heteroatoms. The zero-order valence-electron chi connectivity index (χ0n) is 8.11. The molecule has 0 atom stereocenters. The number of hydrogen-bond donors (Lipinski definition) is 1. The lowest BCUT2D eigenvalue weighted by Crippen LogP contribution is -2.24. The van der Waals surface area contributed by atoms with E-state index in [0.717, 1.165) is 25.9 Å². The molecule has 80 valence electrons. The number of hydrogen-bond acceptors (Lipinski definition) is 4. The van der Waals surface area contributed by atoms with Gasteiger partial charge in [0, 0.05) is 13.1 Å². The molecule has 0 aromatic carbocycles. The molecular weight excluding hydrogens is 216 g/mol. The Hall–Kier alpha value is -1.36. The third kappa shape index (κ3) is 2.02. The molecule has 2 heterocycles. The predicted molar refractivity (Wildman–Crippen MR) is 57.0 cm³/mol. The first-order chi connectivity index (χ1) is 7.18. The molecule has 15 heavy (non-hydrogen) atoms. The summed E-state index contributed by atoms with van der Waals surface area (Å²) in [5.41, 5.74) is 5.60. The van der Waals surface area contributed by atoms with Crippen LogP contribution in [0, 0.1) is 0 Å². The van der Waals surface area contributed by atoms with Gasteiger partial charge in [-0.1, -0.05) is 11.6 Å². The summed E-state index contributed by atoms with van der Waals surface area (Å²) in [6.45, 7) is 1.77. The predicted octanol–water partition coefficient (Wildman–Crippen LogP) is 0.829. The Morgan fingerprint density at radius 2 is 2.07 bits per heavy atom. The van der Waals surface area contributed by atoms with Crippen LogP contribution in [-0.4, -0.2) is 29.2 Å². The Morgan fingerprint density at radius 1 is 1.40 bits per heavy atom. The molecule has 1 aromatic rings. The van der Waals surface area contributed by atoms with E-state index in [2.05, 4.69) is 10.2 Å². The summed E-state index contributed by atoms with van der Waals surface area (Å²) in [4.78, 5) is 13.2. The molecule has 1 aliphatic heterocycles. The molecule has 0 radical (unpaired) electrons. The lowest BCUT2D eigenvalue weighted by atomic mass is 10.2. The van der Waals surface area contributed by atoms with E-state index in [0.29, 0.717) is 11.4 Å². The molecule has 1 amide bonds. The topological polar surface area (TPSA) is 72.1 Å². The van der Waals surface area contributed by atoms with Gasteiger partial charge in [-0.15, -0.1) is 10.2 Å². The van der Waals surface area contributed by atoms with Crippen molar-refractivity contribution in [3.05, 3.63) is 16.8 Å². The van der Waals surface area contributed by atoms with Gasteiger partial charge in [-0.05, 0) is 18.9 Å². The Morgan fingerprint density at radius 3 is 2.67 bits per heavy atom. The molecule has 0 saturated carbocycles. The molecule has 1 aromatic heterocycles. The van der Waals surface area contributed by atoms with Crippen molar-refractivity contribution in [2.75, 3.05) is 18.0 Å². The Kier molecular flexibility index (Phi) is 2.73. The van der Waals surface area contributed by atoms with Crippen LogP contribution in [0.5, 0.6) is 0 Å². The van der Waals surface area contributed by atoms with Crippen LogP contribution in [0.2, 0.25) is 5.15 Å². The summed E-state index contributed by atoms with van der Waals surface area (Å²) in [5.74, 6) is 0.0260. The number of carbonyl (C=O) groups excluding carboxylic acids is 1. The van der Waals surface area contributed by atoms with Crippen molar-refractivity contribution < 1.29 is 4.79 Å². The zero-order chi connectivity index (χ0) is 10.8. The number of anilines is 1. The van der Waals surface area contributed by atoms with Crippen molar-refractivity contribution in [1.82, 2.24) is 10.2 Å². The number of nitrogens with two attached hydrogens (primary N) is 1. The quantitative estimate of drug-likeness (QED) is 0.811. The fourth-order valence-corrected chi connectivity index (χ4v) is 1.85. The van der Waals surface area contributed by atoms with E-state index >= 15 is 0 Å². The van der Waals surface area contributed by atoms with E-state index in [4.69, 9.17) is 17.3 Å². The Labute approximate surface area is 92.2 Å². The number of halogens is 1. The normalized spacial score (nSPS) is 15.7. The first kappa shape index (κ1) is 10.2. The van der Waals surface area contributed by atoms with Crippen molar-refractivity contribution in [2.24, 2.45) is 5.73 Å². The maximum Gasteiger partial charge on any atom is 0.252 e. The maximum atomic E-state index is 11.2. The number of amides is 1. The van der Waals surface area contributed by atoms with Crippen molar-refractivity contribution in [2.45, 2.75) is 12.8 Å². The van der Waals surface area contributed by atoms with Gasteiger partial charge < -0.3 is 10.6 Å². The van der Waals surface area contributed by atoms with Gasteiger partial charge in [0.15, 0.2) is 11.0 Å². The summed E-state index contributed by atoms with van der Waals surface area (Å²) >= 11 is 5.67. The second-order valence-corrected chi connectivity index (χ2v) is 3.85. The largest absolute Gasteiger partial charge is 0.365 e. The second kappa shape index (κ2) is 4.02. The fourth-order valence-electron chi connectivity index (χ4n) is 1.71. The zero-order valence-corrected chi connectivity index (χ0v) is 8.87. The Bertz CT molecular complexity index is 390. The van der Waals surface area contributed by atoms with Crippen LogP contribution >= 0.6 is 11.6 Å². The summed E-state index contributed by atoms with van der Waals surface area (Å²) in [7, 11) is 0. The van der Waals surface area contributed by atoms with Crippen molar-refractivity contribution >= 4 is 23.3 Å². The molecule has 0 aliphatic carbocycles. The maximum absolute atomic E-state index is 11.2. The first-order valence-electron chi connectivity index (χ1n) is 4.76. The summed E-state index contributed by atoms with van der Waals surface area (Å²) in [6, 6.07) is 1.46. The van der Waals surface area contributed by atoms with Crippen LogP contribution in [0.25, 0.3) is 0 Å². The second-order valence-electron chi connectivity index (χ2n) is 3.46. The van der Waals surface area contributed by atoms with Gasteiger partial charge in [0.05, 0.1) is 5.56 Å². The molecule has 1 aliphatic rings. The molecule has 1 fully saturated rings. The molecule has 2 rings (SSSR count). The number of rotatable bonds is 2. The van der Waals surface area contributed by atoms with Crippen LogP contribution in [0.15, 0.2) is 6.07 Å². The smallest absolute Gasteiger partial charge is 0.252 e. The number of carbonyl (C=O) groups is 1. The van der Waals surface area contributed by atoms with Gasteiger partial charge in [0.1, 0.15) is 0 Å². The SMILES string of the molecule is NC(=O)c1cc(Cl)nnc1N1CCCC1. The number of aromatic nitrogens is 2. The molecule has 1 saturated heterocycles. The third-order valence-corrected chi connectivity index (χ3v) is 2.60. The number of primary amides is 1. The molecule has 0 bridgehead atoms. The van der Waals surface area contributed by atoms with Gasteiger partial charge in [0.2, 0.25) is 0 Å². The van der Waals surface area contributed by atoms with Crippen LogP contribution in [-0.2, 0) is 0 Å². The van der Waals surface area contributed by atoms with Crippen LogP contribution in [0.4, 0.5) is 5.82 Å². The standard InChI is InChI=1S/C9H11ClN4O/c10-7-5-6(8(11)15)9(13-12-7)14-3-1-2-4-14/h5H,1-4H2,(H2,11,15). The minimum absolute atomic E-state index is 0.187. The van der Waals surface area contributed by atoms with Crippen molar-refractivity contribution in [3.63, 3.8) is 0 Å². The first-order valence-corrected chi connectivity index (χ1v) is 5.14. The van der Waals surface area contributed by atoms with Crippen LogP contribution in [0.1, 0.15) is 23.2 Å². The molecule has 0 spiro atoms. The summed E-state index contributed by atoms with van der Waals surface area (Å²) in [6.07, 6.45) is 2.20. The highest BCUT2D eigenvalue weighted by atomic mass is 35.5. The van der Waals surface area contributed by atoms with E-state index < -0.39 is 5.91 Å².